The van der Waals surface area contributed by atoms with Gasteiger partial charge in [0.15, 0.2) is 0 Å². The fraction of sp³-hybridized carbons (Fsp3) is 0.294. The fourth-order valence-corrected chi connectivity index (χ4v) is 4.55. The van der Waals surface area contributed by atoms with Crippen LogP contribution in [0.25, 0.3) is 11.6 Å². The van der Waals surface area contributed by atoms with Crippen LogP contribution < -0.4 is 5.32 Å². The average Bonchev–Trinajstić information content (AvgIpc) is 3.07. The number of rotatable bonds is 1. The lowest BCUT2D eigenvalue weighted by molar-refractivity contribution is -0.110. The van der Waals surface area contributed by atoms with E-state index in [4.69, 9.17) is 0 Å². The van der Waals surface area contributed by atoms with Crippen LogP contribution in [0.1, 0.15) is 41.2 Å². The molecule has 4 rings (SSSR count). The van der Waals surface area contributed by atoms with Gasteiger partial charge in [-0.1, -0.05) is 15.9 Å². The van der Waals surface area contributed by atoms with Crippen molar-refractivity contribution in [3.05, 3.63) is 43.4 Å². The SMILES string of the molecule is Cc1c(Br)cc(Br)c2c1C(=Cc1nc3c([nH]1)CCCC3)C(=O)N2. The summed E-state index contributed by atoms with van der Waals surface area (Å²) in [6.45, 7) is 2.01. The van der Waals surface area contributed by atoms with Gasteiger partial charge in [-0.2, -0.15) is 0 Å². The molecule has 23 heavy (non-hydrogen) atoms. The lowest BCUT2D eigenvalue weighted by Crippen LogP contribution is -2.04. The molecule has 0 atom stereocenters. The third kappa shape index (κ3) is 2.48. The number of hydrogen-bond donors (Lipinski definition) is 2. The Bertz CT molecular complexity index is 844. The van der Waals surface area contributed by atoms with Crippen molar-refractivity contribution in [3.63, 3.8) is 0 Å². The van der Waals surface area contributed by atoms with E-state index in [1.165, 1.54) is 18.5 Å². The van der Waals surface area contributed by atoms with Crippen molar-refractivity contribution in [1.29, 1.82) is 0 Å². The molecule has 0 fully saturated rings. The van der Waals surface area contributed by atoms with Gasteiger partial charge in [0.2, 0.25) is 0 Å². The Labute approximate surface area is 151 Å². The summed E-state index contributed by atoms with van der Waals surface area (Å²) in [4.78, 5) is 20.5. The van der Waals surface area contributed by atoms with Crippen molar-refractivity contribution in [2.45, 2.75) is 32.6 Å². The Morgan fingerprint density at radius 1 is 1.22 bits per heavy atom. The van der Waals surface area contributed by atoms with E-state index in [0.717, 1.165) is 50.1 Å². The van der Waals surface area contributed by atoms with E-state index < -0.39 is 0 Å². The first-order valence-corrected chi connectivity index (χ1v) is 9.23. The maximum Gasteiger partial charge on any atom is 0.256 e. The molecule has 1 aromatic carbocycles. The summed E-state index contributed by atoms with van der Waals surface area (Å²) in [5, 5.41) is 2.95. The third-order valence-corrected chi connectivity index (χ3v) is 5.93. The van der Waals surface area contributed by atoms with Crippen LogP contribution in [0.4, 0.5) is 5.69 Å². The molecule has 2 aromatic rings. The summed E-state index contributed by atoms with van der Waals surface area (Å²) in [5.74, 6) is 0.682. The monoisotopic (exact) mass is 435 g/mol. The van der Waals surface area contributed by atoms with E-state index in [9.17, 15) is 4.79 Å². The predicted molar refractivity (Wildman–Crippen MR) is 98.3 cm³/mol. The van der Waals surface area contributed by atoms with Crippen molar-refractivity contribution in [1.82, 2.24) is 9.97 Å². The van der Waals surface area contributed by atoms with E-state index in [2.05, 4.69) is 47.1 Å². The van der Waals surface area contributed by atoms with Gasteiger partial charge in [0.25, 0.3) is 5.91 Å². The number of benzene rings is 1. The van der Waals surface area contributed by atoms with Crippen molar-refractivity contribution in [2.75, 3.05) is 5.32 Å². The number of aryl methyl sites for hydroxylation is 2. The van der Waals surface area contributed by atoms with Gasteiger partial charge in [0.1, 0.15) is 5.82 Å². The molecule has 4 nitrogen and oxygen atoms in total. The number of imidazole rings is 1. The molecule has 2 N–H and O–H groups in total. The van der Waals surface area contributed by atoms with Gasteiger partial charge in [0.05, 0.1) is 17.0 Å². The van der Waals surface area contributed by atoms with E-state index in [-0.39, 0.29) is 5.91 Å². The third-order valence-electron chi connectivity index (χ3n) is 4.48. The number of aromatic amines is 1. The lowest BCUT2D eigenvalue weighted by atomic mass is 10.0. The van der Waals surface area contributed by atoms with E-state index >= 15 is 0 Å². The van der Waals surface area contributed by atoms with Gasteiger partial charge in [-0.25, -0.2) is 4.98 Å². The highest BCUT2D eigenvalue weighted by Crippen LogP contribution is 2.43. The normalized spacial score (nSPS) is 18.0. The van der Waals surface area contributed by atoms with Crippen LogP contribution in [0, 0.1) is 6.92 Å². The summed E-state index contributed by atoms with van der Waals surface area (Å²) >= 11 is 7.08. The molecule has 0 saturated carbocycles. The van der Waals surface area contributed by atoms with Crippen LogP contribution in [0.2, 0.25) is 0 Å². The number of aromatic nitrogens is 2. The summed E-state index contributed by atoms with van der Waals surface area (Å²) in [6.07, 6.45) is 6.33. The Kier molecular flexibility index (Phi) is 3.69. The second kappa shape index (κ2) is 5.60. The zero-order chi connectivity index (χ0) is 16.1. The summed E-state index contributed by atoms with van der Waals surface area (Å²) < 4.78 is 1.85. The quantitative estimate of drug-likeness (QED) is 0.641. The molecular weight excluding hydrogens is 422 g/mol. The maximum absolute atomic E-state index is 12.4. The van der Waals surface area contributed by atoms with Crippen LogP contribution in [0.5, 0.6) is 0 Å². The number of halogens is 2. The highest BCUT2D eigenvalue weighted by Gasteiger charge is 2.29. The average molecular weight is 437 g/mol. The van der Waals surface area contributed by atoms with Crippen LogP contribution >= 0.6 is 31.9 Å². The number of nitrogens with one attached hydrogen (secondary N) is 2. The Balaban J connectivity index is 1.84. The van der Waals surface area contributed by atoms with Crippen LogP contribution in [0.15, 0.2) is 15.0 Å². The summed E-state index contributed by atoms with van der Waals surface area (Å²) in [5.41, 5.74) is 5.83. The zero-order valence-corrected chi connectivity index (χ0v) is 15.8. The van der Waals surface area contributed by atoms with Gasteiger partial charge in [0, 0.05) is 20.2 Å². The van der Waals surface area contributed by atoms with Gasteiger partial charge < -0.3 is 10.3 Å². The van der Waals surface area contributed by atoms with Crippen LogP contribution in [-0.4, -0.2) is 15.9 Å². The highest BCUT2D eigenvalue weighted by atomic mass is 79.9. The number of amides is 1. The Morgan fingerprint density at radius 2 is 2.00 bits per heavy atom. The Hall–Kier alpha value is -1.40. The number of fused-ring (bicyclic) bond motifs is 2. The Morgan fingerprint density at radius 3 is 2.78 bits per heavy atom. The number of H-pyrrole nitrogens is 1. The van der Waals surface area contributed by atoms with E-state index in [0.29, 0.717) is 5.57 Å². The molecular formula is C17H15Br2N3O. The first kappa shape index (κ1) is 15.1. The summed E-state index contributed by atoms with van der Waals surface area (Å²) in [7, 11) is 0. The van der Waals surface area contributed by atoms with Gasteiger partial charge >= 0.3 is 0 Å². The van der Waals surface area contributed by atoms with E-state index in [1.54, 1.807) is 0 Å². The first-order valence-electron chi connectivity index (χ1n) is 7.64. The van der Waals surface area contributed by atoms with E-state index in [1.807, 2.05) is 19.1 Å². The zero-order valence-electron chi connectivity index (χ0n) is 12.6. The number of nitrogens with zero attached hydrogens (tertiary/aromatic N) is 1. The number of anilines is 1. The second-order valence-electron chi connectivity index (χ2n) is 5.98. The van der Waals surface area contributed by atoms with Gasteiger partial charge in [-0.15, -0.1) is 0 Å². The smallest absolute Gasteiger partial charge is 0.256 e. The van der Waals surface area contributed by atoms with Crippen molar-refractivity contribution >= 4 is 55.1 Å². The topological polar surface area (TPSA) is 57.8 Å². The lowest BCUT2D eigenvalue weighted by Gasteiger charge is -2.08. The van der Waals surface area contributed by atoms with Crippen molar-refractivity contribution < 1.29 is 4.79 Å². The van der Waals surface area contributed by atoms with Crippen molar-refractivity contribution in [3.8, 4) is 0 Å². The molecule has 1 aliphatic heterocycles. The molecule has 1 aliphatic carbocycles. The molecule has 1 amide bonds. The molecule has 0 radical (unpaired) electrons. The van der Waals surface area contributed by atoms with Crippen LogP contribution in [-0.2, 0) is 17.6 Å². The largest absolute Gasteiger partial charge is 0.342 e. The molecule has 118 valence electrons. The predicted octanol–water partition coefficient (Wildman–Crippen LogP) is 4.61. The minimum absolute atomic E-state index is 0.0868. The minimum Gasteiger partial charge on any atom is -0.342 e. The maximum atomic E-state index is 12.4. The van der Waals surface area contributed by atoms with Crippen molar-refractivity contribution in [2.24, 2.45) is 0 Å². The molecule has 2 aliphatic rings. The number of hydrogen-bond acceptors (Lipinski definition) is 2. The molecule has 0 unspecified atom stereocenters. The fourth-order valence-electron chi connectivity index (χ4n) is 3.29. The standard InChI is InChI=1S/C17H15Br2N3O/c1-8-10(18)7-11(19)16-15(8)9(17(23)22-16)6-14-20-12-4-2-3-5-13(12)21-14/h6-7H,2-5H2,1H3,(H,20,21)(H,22,23). The molecule has 6 heteroatoms. The molecule has 2 heterocycles. The van der Waals surface area contributed by atoms with Gasteiger partial charge in [-0.05, 0) is 66.2 Å². The van der Waals surface area contributed by atoms with Gasteiger partial charge in [-0.3, -0.25) is 4.79 Å². The molecule has 0 spiro atoms. The summed E-state index contributed by atoms with van der Waals surface area (Å²) in [6, 6.07) is 1.96. The first-order chi connectivity index (χ1) is 11.0. The second-order valence-corrected chi connectivity index (χ2v) is 7.69. The number of carbonyl (C=O) groups excluding carboxylic acids is 1. The molecule has 0 bridgehead atoms. The highest BCUT2D eigenvalue weighted by molar-refractivity contribution is 9.11. The van der Waals surface area contributed by atoms with Crippen LogP contribution in [0.3, 0.4) is 0 Å². The molecule has 1 aromatic heterocycles. The molecule has 0 saturated heterocycles. The number of carbonyl (C=O) groups is 1. The minimum atomic E-state index is -0.0868.